The molecule has 0 amide bonds. The molecule has 2 N–H and O–H groups in total. The normalized spacial score (nSPS) is 24.8. The van der Waals surface area contributed by atoms with Gasteiger partial charge in [-0.2, -0.15) is 0 Å². The summed E-state index contributed by atoms with van der Waals surface area (Å²) in [5.74, 6) is 0.613. The van der Waals surface area contributed by atoms with Crippen LogP contribution in [0.25, 0.3) is 11.2 Å². The van der Waals surface area contributed by atoms with Crippen molar-refractivity contribution in [3.63, 3.8) is 0 Å². The van der Waals surface area contributed by atoms with Crippen molar-refractivity contribution in [3.05, 3.63) is 12.7 Å². The Kier molecular flexibility index (Phi) is 7.38. The number of ether oxygens (including phenoxy) is 1. The summed E-state index contributed by atoms with van der Waals surface area (Å²) in [6.45, 7) is 22.8. The van der Waals surface area contributed by atoms with Gasteiger partial charge < -0.3 is 19.3 Å². The van der Waals surface area contributed by atoms with Crippen molar-refractivity contribution < 1.29 is 13.6 Å². The first-order valence-corrected chi connectivity index (χ1v) is 18.3. The van der Waals surface area contributed by atoms with Crippen LogP contribution in [0.5, 0.6) is 0 Å². The first-order valence-electron chi connectivity index (χ1n) is 11.9. The predicted octanol–water partition coefficient (Wildman–Crippen LogP) is 5.72. The lowest BCUT2D eigenvalue weighted by molar-refractivity contribution is -0.107. The summed E-state index contributed by atoms with van der Waals surface area (Å²) >= 11 is 6.69. The van der Waals surface area contributed by atoms with E-state index in [0.29, 0.717) is 30.0 Å². The molecule has 1 unspecified atom stereocenters. The van der Waals surface area contributed by atoms with Gasteiger partial charge in [-0.1, -0.05) is 41.5 Å². The molecule has 1 aliphatic heterocycles. The largest absolute Gasteiger partial charge is 0.414 e. The highest BCUT2D eigenvalue weighted by Gasteiger charge is 2.54. The lowest BCUT2D eigenvalue weighted by Gasteiger charge is -2.44. The van der Waals surface area contributed by atoms with Crippen molar-refractivity contribution in [1.29, 1.82) is 0 Å². The summed E-state index contributed by atoms with van der Waals surface area (Å²) in [5.41, 5.74) is 6.44. The molecule has 3 rings (SSSR count). The lowest BCUT2D eigenvalue weighted by atomic mass is 10.0. The Morgan fingerprint density at radius 2 is 1.71 bits per heavy atom. The Labute approximate surface area is 211 Å². The number of hydrogen-bond acceptors (Lipinski definition) is 7. The van der Waals surface area contributed by atoms with Crippen LogP contribution in [-0.2, 0) is 13.6 Å². The zero-order valence-corrected chi connectivity index (χ0v) is 25.2. The van der Waals surface area contributed by atoms with Crippen molar-refractivity contribution in [1.82, 2.24) is 19.5 Å². The third kappa shape index (κ3) is 5.08. The Morgan fingerprint density at radius 1 is 1.09 bits per heavy atom. The van der Waals surface area contributed by atoms with Crippen LogP contribution in [0.2, 0.25) is 36.3 Å². The fraction of sp³-hybridized carbons (Fsp3) is 0.783. The molecular weight excluding hydrogens is 486 g/mol. The van der Waals surface area contributed by atoms with Gasteiger partial charge in [0, 0.05) is 6.42 Å². The van der Waals surface area contributed by atoms with E-state index in [4.69, 9.17) is 30.9 Å². The Balaban J connectivity index is 1.99. The van der Waals surface area contributed by atoms with E-state index in [2.05, 4.69) is 82.7 Å². The molecule has 2 aromatic heterocycles. The summed E-state index contributed by atoms with van der Waals surface area (Å²) in [6, 6.07) is 0. The number of fused-ring (bicyclic) bond motifs is 1. The minimum atomic E-state index is -2.12. The first-order chi connectivity index (χ1) is 15.4. The fourth-order valence-corrected chi connectivity index (χ4v) is 6.26. The Hall–Kier alpha value is -1.05. The van der Waals surface area contributed by atoms with E-state index in [9.17, 15) is 0 Å². The van der Waals surface area contributed by atoms with E-state index >= 15 is 0 Å². The number of imidazole rings is 1. The molecule has 0 bridgehead atoms. The number of aromatic nitrogens is 4. The van der Waals surface area contributed by atoms with E-state index in [1.54, 1.807) is 6.33 Å². The van der Waals surface area contributed by atoms with Crippen LogP contribution in [0.3, 0.4) is 0 Å². The van der Waals surface area contributed by atoms with Crippen LogP contribution >= 0.6 is 11.6 Å². The molecule has 1 aliphatic rings. The lowest BCUT2D eigenvalue weighted by Crippen LogP contribution is -2.55. The van der Waals surface area contributed by atoms with Crippen LogP contribution in [0, 0.1) is 0 Å². The summed E-state index contributed by atoms with van der Waals surface area (Å²) in [6.07, 6.45) is 3.20. The standard InChI is InChI=1S/C23H42ClN5O3Si2/c1-21(2,3)33(7,8)30-13-23(12-24)16(32-34(9,10)22(4,5)6)11-17(31-23)29-15-28-18-19(25)26-14-27-20(18)29/h14-17H,11-13H2,1-10H3,(H2,25,26,27)/t16?,17-,23-/m1/s1. The van der Waals surface area contributed by atoms with Crippen molar-refractivity contribution in [2.75, 3.05) is 18.2 Å². The molecule has 0 aromatic carbocycles. The number of rotatable bonds is 7. The monoisotopic (exact) mass is 527 g/mol. The van der Waals surface area contributed by atoms with Crippen LogP contribution in [0.15, 0.2) is 12.7 Å². The van der Waals surface area contributed by atoms with Crippen molar-refractivity contribution in [2.45, 2.75) is 102 Å². The zero-order chi connectivity index (χ0) is 25.7. The second-order valence-electron chi connectivity index (χ2n) is 12.5. The third-order valence-corrected chi connectivity index (χ3v) is 17.4. The molecule has 8 nitrogen and oxygen atoms in total. The van der Waals surface area contributed by atoms with E-state index in [-0.39, 0.29) is 28.3 Å². The first kappa shape index (κ1) is 27.5. The molecular formula is C23H42ClN5O3Si2. The SMILES string of the molecule is CC(C)(C)[Si](C)(C)OC[C@@]1(CCl)O[C@@H](n2cnc3c(N)ncnc32)CC1O[Si](C)(C)C(C)(C)C. The number of alkyl halides is 1. The molecule has 3 heterocycles. The average molecular weight is 528 g/mol. The highest BCUT2D eigenvalue weighted by atomic mass is 35.5. The maximum absolute atomic E-state index is 6.96. The van der Waals surface area contributed by atoms with Crippen LogP contribution in [-0.4, -0.2) is 60.3 Å². The summed E-state index contributed by atoms with van der Waals surface area (Å²) in [5, 5.41) is 0.121. The van der Waals surface area contributed by atoms with Gasteiger partial charge in [0.25, 0.3) is 0 Å². The molecule has 0 spiro atoms. The summed E-state index contributed by atoms with van der Waals surface area (Å²) < 4.78 is 22.3. The van der Waals surface area contributed by atoms with E-state index in [0.717, 1.165) is 0 Å². The van der Waals surface area contributed by atoms with Gasteiger partial charge in [0.1, 0.15) is 23.7 Å². The van der Waals surface area contributed by atoms with Gasteiger partial charge in [0.05, 0.1) is 24.9 Å². The maximum atomic E-state index is 6.96. The van der Waals surface area contributed by atoms with Crippen molar-refractivity contribution in [2.24, 2.45) is 0 Å². The van der Waals surface area contributed by atoms with Gasteiger partial charge in [0.15, 0.2) is 28.1 Å². The molecule has 192 valence electrons. The highest BCUT2D eigenvalue weighted by Crippen LogP contribution is 2.47. The van der Waals surface area contributed by atoms with Crippen molar-refractivity contribution in [3.8, 4) is 0 Å². The Bertz CT molecular complexity index is 1020. The van der Waals surface area contributed by atoms with E-state index < -0.39 is 22.2 Å². The quantitative estimate of drug-likeness (QED) is 0.363. The smallest absolute Gasteiger partial charge is 0.192 e. The molecule has 2 aromatic rings. The predicted molar refractivity (Wildman–Crippen MR) is 143 cm³/mol. The van der Waals surface area contributed by atoms with Crippen LogP contribution in [0.1, 0.15) is 54.2 Å². The Morgan fingerprint density at radius 3 is 2.26 bits per heavy atom. The number of hydrogen-bond donors (Lipinski definition) is 1. The number of halogens is 1. The summed E-state index contributed by atoms with van der Waals surface area (Å²) in [7, 11) is -4.16. The third-order valence-electron chi connectivity index (χ3n) is 8.02. The topological polar surface area (TPSA) is 97.3 Å². The van der Waals surface area contributed by atoms with Gasteiger partial charge in [-0.15, -0.1) is 11.6 Å². The fourth-order valence-electron chi connectivity index (χ4n) is 3.53. The number of nitrogens with two attached hydrogens (primary N) is 1. The second-order valence-corrected chi connectivity index (χ2v) is 22.3. The maximum Gasteiger partial charge on any atom is 0.192 e. The molecule has 0 aliphatic carbocycles. The van der Waals surface area contributed by atoms with Gasteiger partial charge in [0.2, 0.25) is 0 Å². The van der Waals surface area contributed by atoms with Gasteiger partial charge >= 0.3 is 0 Å². The average Bonchev–Trinajstić information content (AvgIpc) is 3.27. The molecule has 1 saturated heterocycles. The minimum Gasteiger partial charge on any atom is -0.414 e. The molecule has 34 heavy (non-hydrogen) atoms. The van der Waals surface area contributed by atoms with E-state index in [1.165, 1.54) is 6.33 Å². The van der Waals surface area contributed by atoms with Crippen molar-refractivity contribution >= 4 is 45.2 Å². The molecule has 11 heteroatoms. The van der Waals surface area contributed by atoms with Gasteiger partial charge in [-0.3, -0.25) is 4.57 Å². The number of nitrogens with zero attached hydrogens (tertiary/aromatic N) is 4. The van der Waals surface area contributed by atoms with Crippen LogP contribution < -0.4 is 5.73 Å². The van der Waals surface area contributed by atoms with Gasteiger partial charge in [-0.05, 0) is 36.3 Å². The number of anilines is 1. The molecule has 3 atom stereocenters. The van der Waals surface area contributed by atoms with E-state index in [1.807, 2.05) is 4.57 Å². The zero-order valence-electron chi connectivity index (χ0n) is 22.4. The second kappa shape index (κ2) is 9.12. The molecule has 1 fully saturated rings. The molecule has 0 saturated carbocycles. The van der Waals surface area contributed by atoms with Gasteiger partial charge in [-0.25, -0.2) is 15.0 Å². The highest BCUT2D eigenvalue weighted by molar-refractivity contribution is 6.74. The molecule has 0 radical (unpaired) electrons. The number of nitrogen functional groups attached to an aromatic ring is 1. The van der Waals surface area contributed by atoms with Crippen LogP contribution in [0.4, 0.5) is 5.82 Å². The summed E-state index contributed by atoms with van der Waals surface area (Å²) in [4.78, 5) is 12.9. The minimum absolute atomic E-state index is 0.0484.